The first-order valence-corrected chi connectivity index (χ1v) is 7.61. The molecule has 6 nitrogen and oxygen atoms in total. The molecule has 0 aliphatic heterocycles. The molecule has 0 heterocycles. The van der Waals surface area contributed by atoms with Crippen LogP contribution < -0.4 is 14.8 Å². The maximum atomic E-state index is 12.5. The molecular weight excluding hydrogens is 320 g/mol. The number of carbonyl (C=O) groups excluding carboxylic acids is 2. The smallest absolute Gasteiger partial charge is 0.221 e. The zero-order valence-corrected chi connectivity index (χ0v) is 14.2. The van der Waals surface area contributed by atoms with E-state index in [9.17, 15) is 9.59 Å². The van der Waals surface area contributed by atoms with Gasteiger partial charge in [0.25, 0.3) is 0 Å². The molecule has 6 heteroatoms. The summed E-state index contributed by atoms with van der Waals surface area (Å²) in [4.78, 5) is 23.5. The first kappa shape index (κ1) is 18.0. The highest BCUT2D eigenvalue weighted by Gasteiger charge is 2.19. The second-order valence-corrected chi connectivity index (χ2v) is 5.36. The highest BCUT2D eigenvalue weighted by atomic mass is 16.5. The first-order valence-electron chi connectivity index (χ1n) is 7.61. The summed E-state index contributed by atoms with van der Waals surface area (Å²) >= 11 is 0. The van der Waals surface area contributed by atoms with Gasteiger partial charge in [0.05, 0.1) is 18.7 Å². The molecule has 1 N–H and O–H groups in total. The van der Waals surface area contributed by atoms with Crippen LogP contribution in [0, 0.1) is 11.3 Å². The average molecular weight is 338 g/mol. The Hall–Kier alpha value is -3.33. The molecular formula is C19H18N2O4. The molecule has 1 atom stereocenters. The quantitative estimate of drug-likeness (QED) is 0.817. The van der Waals surface area contributed by atoms with E-state index in [4.69, 9.17) is 14.7 Å². The third kappa shape index (κ3) is 4.58. The van der Waals surface area contributed by atoms with E-state index in [2.05, 4.69) is 5.32 Å². The summed E-state index contributed by atoms with van der Waals surface area (Å²) in [5.41, 5.74) is 1.53. The first-order chi connectivity index (χ1) is 11.9. The van der Waals surface area contributed by atoms with Gasteiger partial charge in [-0.2, -0.15) is 5.26 Å². The lowest BCUT2D eigenvalue weighted by molar-refractivity contribution is -0.114. The average Bonchev–Trinajstić information content (AvgIpc) is 2.61. The van der Waals surface area contributed by atoms with Crippen LogP contribution in [0.2, 0.25) is 0 Å². The summed E-state index contributed by atoms with van der Waals surface area (Å²) in [6.07, 6.45) is -0.742. The van der Waals surface area contributed by atoms with E-state index in [0.717, 1.165) is 0 Å². The fraction of sp³-hybridized carbons (Fsp3) is 0.211. The number of methoxy groups -OCH3 is 1. The molecule has 0 aliphatic carbocycles. The third-order valence-corrected chi connectivity index (χ3v) is 3.46. The fourth-order valence-electron chi connectivity index (χ4n) is 2.23. The molecule has 2 rings (SSSR count). The monoisotopic (exact) mass is 338 g/mol. The number of amides is 1. The Labute approximate surface area is 146 Å². The number of nitrogens with one attached hydrogen (secondary N) is 1. The number of hydrogen-bond donors (Lipinski definition) is 1. The molecule has 0 fully saturated rings. The third-order valence-electron chi connectivity index (χ3n) is 3.46. The van der Waals surface area contributed by atoms with Gasteiger partial charge in [0.15, 0.2) is 17.6 Å². The lowest BCUT2D eigenvalue weighted by atomic mass is 10.1. The minimum atomic E-state index is -0.742. The Morgan fingerprint density at radius 3 is 2.36 bits per heavy atom. The predicted molar refractivity (Wildman–Crippen MR) is 92.9 cm³/mol. The Morgan fingerprint density at radius 1 is 1.12 bits per heavy atom. The van der Waals surface area contributed by atoms with Gasteiger partial charge in [0.1, 0.15) is 0 Å². The Bertz CT molecular complexity index is 822. The highest BCUT2D eigenvalue weighted by Crippen LogP contribution is 2.29. The van der Waals surface area contributed by atoms with Crippen molar-refractivity contribution >= 4 is 17.4 Å². The number of hydrogen-bond acceptors (Lipinski definition) is 5. The summed E-state index contributed by atoms with van der Waals surface area (Å²) in [5.74, 6) is 0.390. The van der Waals surface area contributed by atoms with Crippen molar-refractivity contribution < 1.29 is 19.1 Å². The van der Waals surface area contributed by atoms with Crippen molar-refractivity contribution in [3.05, 3.63) is 53.6 Å². The van der Waals surface area contributed by atoms with Crippen molar-refractivity contribution in [1.82, 2.24) is 0 Å². The van der Waals surface area contributed by atoms with Crippen molar-refractivity contribution in [3.63, 3.8) is 0 Å². The van der Waals surface area contributed by atoms with Crippen LogP contribution in [0.15, 0.2) is 42.5 Å². The van der Waals surface area contributed by atoms with Crippen LogP contribution in [0.3, 0.4) is 0 Å². The molecule has 0 radical (unpaired) electrons. The number of nitriles is 1. The van der Waals surface area contributed by atoms with Crippen LogP contribution in [-0.2, 0) is 4.79 Å². The van der Waals surface area contributed by atoms with Gasteiger partial charge in [-0.05, 0) is 43.3 Å². The molecule has 0 aromatic heterocycles. The number of Topliss-reactive ketones (excluding diaryl/α,β-unsaturated/α-hetero) is 1. The molecule has 0 saturated heterocycles. The van der Waals surface area contributed by atoms with Crippen molar-refractivity contribution in [2.75, 3.05) is 12.4 Å². The van der Waals surface area contributed by atoms with E-state index in [1.54, 1.807) is 49.4 Å². The number of ether oxygens (including phenoxy) is 2. The molecule has 0 spiro atoms. The molecule has 2 aromatic carbocycles. The van der Waals surface area contributed by atoms with Gasteiger partial charge in [0, 0.05) is 24.2 Å². The van der Waals surface area contributed by atoms with Crippen LogP contribution in [0.5, 0.6) is 11.5 Å². The van der Waals surface area contributed by atoms with Gasteiger partial charge >= 0.3 is 0 Å². The molecule has 128 valence electrons. The van der Waals surface area contributed by atoms with Crippen LogP contribution in [0.4, 0.5) is 5.69 Å². The second kappa shape index (κ2) is 7.97. The minimum Gasteiger partial charge on any atom is -0.493 e. The van der Waals surface area contributed by atoms with Gasteiger partial charge in [-0.3, -0.25) is 9.59 Å². The summed E-state index contributed by atoms with van der Waals surface area (Å²) in [6.45, 7) is 3.06. The molecule has 1 amide bonds. The zero-order chi connectivity index (χ0) is 18.4. The normalized spacial score (nSPS) is 11.1. The van der Waals surface area contributed by atoms with E-state index >= 15 is 0 Å². The topological polar surface area (TPSA) is 88.4 Å². The SMILES string of the molecule is COc1cc(C#N)ccc1O[C@@H](C)C(=O)c1ccc(NC(C)=O)cc1. The Morgan fingerprint density at radius 2 is 1.80 bits per heavy atom. The molecule has 25 heavy (non-hydrogen) atoms. The fourth-order valence-corrected chi connectivity index (χ4v) is 2.23. The molecule has 0 aliphatic rings. The molecule has 2 aromatic rings. The molecule has 0 unspecified atom stereocenters. The minimum absolute atomic E-state index is 0.177. The van der Waals surface area contributed by atoms with E-state index in [1.807, 2.05) is 6.07 Å². The van der Waals surface area contributed by atoms with E-state index < -0.39 is 6.10 Å². The van der Waals surface area contributed by atoms with Gasteiger partial charge in [0.2, 0.25) is 11.7 Å². The summed E-state index contributed by atoms with van der Waals surface area (Å²) in [7, 11) is 1.47. The van der Waals surface area contributed by atoms with Crippen LogP contribution in [-0.4, -0.2) is 24.9 Å². The van der Waals surface area contributed by atoms with Gasteiger partial charge in [-0.25, -0.2) is 0 Å². The standard InChI is InChI=1S/C19H18N2O4/c1-12(25-17-9-4-14(11-20)10-18(17)24-3)19(23)15-5-7-16(8-6-15)21-13(2)22/h4-10,12H,1-3H3,(H,21,22)/t12-/m0/s1. The number of carbonyl (C=O) groups is 2. The summed E-state index contributed by atoms with van der Waals surface area (Å²) in [5, 5.41) is 11.6. The number of rotatable bonds is 6. The Balaban J connectivity index is 2.12. The number of anilines is 1. The van der Waals surface area contributed by atoms with Crippen molar-refractivity contribution in [2.24, 2.45) is 0 Å². The van der Waals surface area contributed by atoms with E-state index in [-0.39, 0.29) is 11.7 Å². The molecule has 0 bridgehead atoms. The van der Waals surface area contributed by atoms with Gasteiger partial charge < -0.3 is 14.8 Å². The number of nitrogens with zero attached hydrogens (tertiary/aromatic N) is 1. The van der Waals surface area contributed by atoms with Crippen LogP contribution in [0.25, 0.3) is 0 Å². The Kier molecular flexibility index (Phi) is 5.75. The number of ketones is 1. The van der Waals surface area contributed by atoms with Crippen LogP contribution in [0.1, 0.15) is 29.8 Å². The zero-order valence-electron chi connectivity index (χ0n) is 14.2. The van der Waals surface area contributed by atoms with Gasteiger partial charge in [-0.15, -0.1) is 0 Å². The lowest BCUT2D eigenvalue weighted by Gasteiger charge is -2.16. The van der Waals surface area contributed by atoms with Crippen molar-refractivity contribution in [3.8, 4) is 17.6 Å². The maximum Gasteiger partial charge on any atom is 0.221 e. The predicted octanol–water partition coefficient (Wildman–Crippen LogP) is 3.18. The van der Waals surface area contributed by atoms with Crippen molar-refractivity contribution in [2.45, 2.75) is 20.0 Å². The summed E-state index contributed by atoms with van der Waals surface area (Å²) in [6, 6.07) is 13.3. The highest BCUT2D eigenvalue weighted by molar-refractivity contribution is 6.00. The van der Waals surface area contributed by atoms with Crippen molar-refractivity contribution in [1.29, 1.82) is 5.26 Å². The van der Waals surface area contributed by atoms with Crippen LogP contribution >= 0.6 is 0 Å². The molecule has 0 saturated carbocycles. The van der Waals surface area contributed by atoms with E-state index in [0.29, 0.717) is 28.3 Å². The lowest BCUT2D eigenvalue weighted by Crippen LogP contribution is -2.24. The maximum absolute atomic E-state index is 12.5. The largest absolute Gasteiger partial charge is 0.493 e. The van der Waals surface area contributed by atoms with E-state index in [1.165, 1.54) is 14.0 Å². The van der Waals surface area contributed by atoms with Gasteiger partial charge in [-0.1, -0.05) is 0 Å². The summed E-state index contributed by atoms with van der Waals surface area (Å²) < 4.78 is 10.9. The number of benzene rings is 2. The second-order valence-electron chi connectivity index (χ2n) is 5.36.